The molecule has 3 heterocycles. The first kappa shape index (κ1) is 20.5. The number of ether oxygens (including phenoxy) is 1. The number of thiazole rings is 1. The molecule has 5 rings (SSSR count). The lowest BCUT2D eigenvalue weighted by Gasteiger charge is -2.38. The van der Waals surface area contributed by atoms with Gasteiger partial charge in [-0.15, -0.1) is 11.3 Å². The summed E-state index contributed by atoms with van der Waals surface area (Å²) in [5.74, 6) is -3.27. The van der Waals surface area contributed by atoms with Gasteiger partial charge in [0.25, 0.3) is 11.8 Å². The number of fused-ring (bicyclic) bond motifs is 1. The maximum Gasteiger partial charge on any atom is 0.287 e. The van der Waals surface area contributed by atoms with E-state index < -0.39 is 18.4 Å². The molecule has 0 N–H and O–H groups in total. The first-order valence-electron chi connectivity index (χ1n) is 10.2. The van der Waals surface area contributed by atoms with Gasteiger partial charge in [-0.05, 0) is 18.2 Å². The number of rotatable bonds is 4. The Morgan fingerprint density at radius 1 is 1.09 bits per heavy atom. The highest BCUT2D eigenvalue weighted by Crippen LogP contribution is 2.34. The van der Waals surface area contributed by atoms with Crippen LogP contribution in [-0.4, -0.2) is 45.9 Å². The van der Waals surface area contributed by atoms with Gasteiger partial charge in [0.1, 0.15) is 5.01 Å². The fourth-order valence-electron chi connectivity index (χ4n) is 3.82. The van der Waals surface area contributed by atoms with Crippen LogP contribution in [0.2, 0.25) is 0 Å². The van der Waals surface area contributed by atoms with Crippen LogP contribution >= 0.6 is 11.3 Å². The molecule has 32 heavy (non-hydrogen) atoms. The number of alkyl halides is 2. The molecular formula is C24H19F2N3O2S. The van der Waals surface area contributed by atoms with Crippen molar-refractivity contribution in [3.63, 3.8) is 0 Å². The van der Waals surface area contributed by atoms with Gasteiger partial charge in [0.15, 0.2) is 6.10 Å². The van der Waals surface area contributed by atoms with Crippen molar-refractivity contribution in [1.29, 1.82) is 0 Å². The zero-order chi connectivity index (χ0) is 22.1. The van der Waals surface area contributed by atoms with Crippen LogP contribution in [0.1, 0.15) is 16.8 Å². The van der Waals surface area contributed by atoms with E-state index in [9.17, 15) is 13.6 Å². The van der Waals surface area contributed by atoms with Crippen molar-refractivity contribution in [2.24, 2.45) is 0 Å². The van der Waals surface area contributed by atoms with Crippen LogP contribution in [0.5, 0.6) is 5.88 Å². The van der Waals surface area contributed by atoms with Gasteiger partial charge in [0.05, 0.1) is 12.1 Å². The van der Waals surface area contributed by atoms with E-state index in [1.807, 2.05) is 35.7 Å². The number of hydrogen-bond donors (Lipinski definition) is 0. The summed E-state index contributed by atoms with van der Waals surface area (Å²) in [4.78, 5) is 23.3. The Labute approximate surface area is 187 Å². The fourth-order valence-corrected chi connectivity index (χ4v) is 4.50. The predicted octanol–water partition coefficient (Wildman–Crippen LogP) is 5.29. The largest absolute Gasteiger partial charge is 0.466 e. The van der Waals surface area contributed by atoms with E-state index in [1.54, 1.807) is 36.5 Å². The van der Waals surface area contributed by atoms with Crippen molar-refractivity contribution in [1.82, 2.24) is 14.9 Å². The molecule has 1 unspecified atom stereocenters. The van der Waals surface area contributed by atoms with Crippen molar-refractivity contribution in [2.75, 3.05) is 13.1 Å². The maximum absolute atomic E-state index is 14.7. The van der Waals surface area contributed by atoms with E-state index in [0.717, 1.165) is 5.39 Å². The lowest BCUT2D eigenvalue weighted by atomic mass is 10.0. The average Bonchev–Trinajstić information content (AvgIpc) is 3.35. The molecule has 4 aromatic rings. The van der Waals surface area contributed by atoms with Gasteiger partial charge in [0.2, 0.25) is 5.88 Å². The van der Waals surface area contributed by atoms with Gasteiger partial charge in [-0.2, -0.15) is 0 Å². The zero-order valence-electron chi connectivity index (χ0n) is 16.9. The van der Waals surface area contributed by atoms with Gasteiger partial charge in [-0.1, -0.05) is 36.4 Å². The van der Waals surface area contributed by atoms with Crippen LogP contribution in [0.4, 0.5) is 8.78 Å². The summed E-state index contributed by atoms with van der Waals surface area (Å²) >= 11 is 1.42. The number of hydrogen-bond acceptors (Lipinski definition) is 5. The van der Waals surface area contributed by atoms with Gasteiger partial charge >= 0.3 is 0 Å². The quantitative estimate of drug-likeness (QED) is 0.423. The Morgan fingerprint density at radius 3 is 2.75 bits per heavy atom. The summed E-state index contributed by atoms with van der Waals surface area (Å²) < 4.78 is 35.1. The molecule has 1 amide bonds. The molecule has 2 aromatic heterocycles. The molecule has 0 saturated carbocycles. The van der Waals surface area contributed by atoms with E-state index in [0.29, 0.717) is 21.7 Å². The summed E-state index contributed by atoms with van der Waals surface area (Å²) in [6, 6.07) is 17.9. The van der Waals surface area contributed by atoms with Crippen molar-refractivity contribution in [3.8, 4) is 16.5 Å². The highest BCUT2D eigenvalue weighted by molar-refractivity contribution is 7.13. The van der Waals surface area contributed by atoms with E-state index in [-0.39, 0.29) is 24.9 Å². The molecule has 1 saturated heterocycles. The molecule has 1 fully saturated rings. The van der Waals surface area contributed by atoms with E-state index in [1.165, 1.54) is 16.2 Å². The normalized spacial score (nSPS) is 17.9. The lowest BCUT2D eigenvalue weighted by Crippen LogP contribution is -2.55. The summed E-state index contributed by atoms with van der Waals surface area (Å²) in [5, 5.41) is 3.44. The molecule has 0 spiro atoms. The number of pyridine rings is 1. The third kappa shape index (κ3) is 3.93. The molecule has 5 nitrogen and oxygen atoms in total. The number of likely N-dealkylation sites (tertiary alicyclic amines) is 1. The van der Waals surface area contributed by atoms with Crippen molar-refractivity contribution >= 4 is 28.1 Å². The number of nitrogens with zero attached hydrogens (tertiary/aromatic N) is 3. The molecular weight excluding hydrogens is 432 g/mol. The fraction of sp³-hybridized carbons (Fsp3) is 0.208. The summed E-state index contributed by atoms with van der Waals surface area (Å²) in [6.07, 6.45) is -0.291. The number of carbonyl (C=O) groups excluding carboxylic acids is 1. The van der Waals surface area contributed by atoms with Gasteiger partial charge in [-0.3, -0.25) is 4.79 Å². The number of benzene rings is 2. The molecule has 1 aliphatic heterocycles. The van der Waals surface area contributed by atoms with Gasteiger partial charge in [0, 0.05) is 47.1 Å². The number of aromatic nitrogens is 2. The number of carbonyl (C=O) groups is 1. The molecule has 1 atom stereocenters. The Balaban J connectivity index is 1.39. The molecule has 0 aliphatic carbocycles. The van der Waals surface area contributed by atoms with Crippen LogP contribution < -0.4 is 4.74 Å². The third-order valence-electron chi connectivity index (χ3n) is 5.52. The van der Waals surface area contributed by atoms with Crippen LogP contribution in [-0.2, 0) is 0 Å². The number of halogens is 2. The van der Waals surface area contributed by atoms with Crippen molar-refractivity contribution in [3.05, 3.63) is 77.8 Å². The second-order valence-corrected chi connectivity index (χ2v) is 8.49. The highest BCUT2D eigenvalue weighted by Gasteiger charge is 2.47. The first-order valence-corrected chi connectivity index (χ1v) is 11.1. The number of para-hydroxylation sites is 1. The van der Waals surface area contributed by atoms with E-state index in [4.69, 9.17) is 4.74 Å². The molecule has 0 bridgehead atoms. The number of amides is 1. The highest BCUT2D eigenvalue weighted by atomic mass is 32.1. The average molecular weight is 451 g/mol. The first-order chi connectivity index (χ1) is 15.5. The predicted molar refractivity (Wildman–Crippen MR) is 119 cm³/mol. The molecule has 162 valence electrons. The van der Waals surface area contributed by atoms with Crippen molar-refractivity contribution in [2.45, 2.75) is 18.4 Å². The van der Waals surface area contributed by atoms with Crippen LogP contribution in [0.25, 0.3) is 21.5 Å². The second-order valence-electron chi connectivity index (χ2n) is 7.59. The molecule has 1 aliphatic rings. The smallest absolute Gasteiger partial charge is 0.287 e. The minimum Gasteiger partial charge on any atom is -0.466 e. The molecule has 8 heteroatoms. The van der Waals surface area contributed by atoms with Gasteiger partial charge < -0.3 is 9.64 Å². The van der Waals surface area contributed by atoms with Crippen molar-refractivity contribution < 1.29 is 18.3 Å². The van der Waals surface area contributed by atoms with Crippen LogP contribution in [0.15, 0.2) is 72.2 Å². The minimum atomic E-state index is -3.07. The lowest BCUT2D eigenvalue weighted by molar-refractivity contribution is -0.131. The Morgan fingerprint density at radius 2 is 1.91 bits per heavy atom. The summed E-state index contributed by atoms with van der Waals surface area (Å²) in [6.45, 7) is -0.282. The van der Waals surface area contributed by atoms with Crippen LogP contribution in [0, 0.1) is 0 Å². The van der Waals surface area contributed by atoms with Gasteiger partial charge in [-0.25, -0.2) is 18.7 Å². The minimum absolute atomic E-state index is 0.0525. The Kier molecular flexibility index (Phi) is 5.30. The van der Waals surface area contributed by atoms with E-state index >= 15 is 0 Å². The number of piperidine rings is 1. The second kappa shape index (κ2) is 8.27. The summed E-state index contributed by atoms with van der Waals surface area (Å²) in [5.41, 5.74) is 1.79. The van der Waals surface area contributed by atoms with Crippen LogP contribution in [0.3, 0.4) is 0 Å². The summed E-state index contributed by atoms with van der Waals surface area (Å²) in [7, 11) is 0. The maximum atomic E-state index is 14.7. The molecule has 0 radical (unpaired) electrons. The molecule has 2 aromatic carbocycles. The monoisotopic (exact) mass is 451 g/mol. The zero-order valence-corrected chi connectivity index (χ0v) is 17.8. The topological polar surface area (TPSA) is 55.3 Å². The SMILES string of the molecule is O=C(c1ccccc1-c1nccs1)N1CCC(F)(F)C(Oc2ccc3ccccc3n2)C1. The standard InChI is InChI=1S/C24H19F2N3O2S/c25-24(26)11-13-29(23(30)18-7-3-2-6-17(18)22-27-12-14-32-22)15-20(24)31-21-10-9-16-5-1-4-8-19(16)28-21/h1-10,12,14,20H,11,13,15H2. The third-order valence-corrected chi connectivity index (χ3v) is 6.32. The Hall–Kier alpha value is -3.39. The Bertz CT molecular complexity index is 1260. The van der Waals surface area contributed by atoms with E-state index in [2.05, 4.69) is 9.97 Å².